The second-order valence-corrected chi connectivity index (χ2v) is 6.54. The predicted molar refractivity (Wildman–Crippen MR) is 99.6 cm³/mol. The molecule has 1 aromatic carbocycles. The number of rotatable bonds is 4. The quantitative estimate of drug-likeness (QED) is 0.857. The van der Waals surface area contributed by atoms with Crippen molar-refractivity contribution in [2.45, 2.75) is 0 Å². The number of carbonyl (C=O) groups excluding carboxylic acids is 2. The molecular formula is C17H17Cl2N5O2. The molecule has 3 rings (SSSR count). The summed E-state index contributed by atoms with van der Waals surface area (Å²) in [6.07, 6.45) is 3.39. The van der Waals surface area contributed by atoms with Crippen LogP contribution >= 0.6 is 23.2 Å². The number of anilines is 1. The molecule has 0 unspecified atom stereocenters. The van der Waals surface area contributed by atoms with Crippen LogP contribution in [-0.2, 0) is 4.79 Å². The lowest BCUT2D eigenvalue weighted by Crippen LogP contribution is -2.51. The molecule has 1 aliphatic rings. The molecule has 2 heterocycles. The van der Waals surface area contributed by atoms with E-state index in [0.717, 1.165) is 0 Å². The molecule has 0 saturated carbocycles. The molecule has 1 aromatic heterocycles. The molecule has 1 N–H and O–H groups in total. The van der Waals surface area contributed by atoms with Gasteiger partial charge in [0.15, 0.2) is 0 Å². The van der Waals surface area contributed by atoms with Crippen LogP contribution in [0.25, 0.3) is 0 Å². The van der Waals surface area contributed by atoms with Crippen molar-refractivity contribution >= 4 is 41.0 Å². The van der Waals surface area contributed by atoms with Crippen LogP contribution in [-0.4, -0.2) is 59.4 Å². The van der Waals surface area contributed by atoms with Gasteiger partial charge in [-0.15, -0.1) is 0 Å². The summed E-state index contributed by atoms with van der Waals surface area (Å²) in [6.45, 7) is 2.34. The van der Waals surface area contributed by atoms with Gasteiger partial charge in [-0.2, -0.15) is 0 Å². The number of carbonyl (C=O) groups is 2. The minimum atomic E-state index is -0.367. The van der Waals surface area contributed by atoms with Gasteiger partial charge in [0.1, 0.15) is 0 Å². The van der Waals surface area contributed by atoms with Crippen molar-refractivity contribution in [1.82, 2.24) is 20.2 Å². The molecule has 7 nitrogen and oxygen atoms in total. The molecule has 1 aliphatic heterocycles. The highest BCUT2D eigenvalue weighted by Gasteiger charge is 2.22. The van der Waals surface area contributed by atoms with Crippen molar-refractivity contribution in [2.75, 3.05) is 37.6 Å². The summed E-state index contributed by atoms with van der Waals surface area (Å²) in [5.41, 5.74) is 0.359. The van der Waals surface area contributed by atoms with E-state index < -0.39 is 0 Å². The Morgan fingerprint density at radius 3 is 2.38 bits per heavy atom. The predicted octanol–water partition coefficient (Wildman–Crippen LogP) is 1.86. The first-order valence-corrected chi connectivity index (χ1v) is 8.83. The second kappa shape index (κ2) is 8.33. The van der Waals surface area contributed by atoms with Crippen LogP contribution in [0, 0.1) is 0 Å². The van der Waals surface area contributed by atoms with Crippen LogP contribution in [0.1, 0.15) is 10.4 Å². The Balaban J connectivity index is 1.48. The number of amides is 2. The molecule has 0 atom stereocenters. The number of aromatic nitrogens is 2. The lowest BCUT2D eigenvalue weighted by Gasteiger charge is -2.34. The highest BCUT2D eigenvalue weighted by atomic mass is 35.5. The third-order valence-corrected chi connectivity index (χ3v) is 4.79. The lowest BCUT2D eigenvalue weighted by molar-refractivity contribution is -0.130. The average Bonchev–Trinajstić information content (AvgIpc) is 2.68. The fraction of sp³-hybridized carbons (Fsp3) is 0.294. The first kappa shape index (κ1) is 18.4. The van der Waals surface area contributed by atoms with E-state index >= 15 is 0 Å². The van der Waals surface area contributed by atoms with E-state index in [-0.39, 0.29) is 18.4 Å². The van der Waals surface area contributed by atoms with Crippen molar-refractivity contribution in [3.63, 3.8) is 0 Å². The Labute approximate surface area is 160 Å². The van der Waals surface area contributed by atoms with Crippen molar-refractivity contribution in [3.05, 3.63) is 52.3 Å². The third-order valence-electron chi connectivity index (χ3n) is 4.05. The number of hydrogen-bond acceptors (Lipinski definition) is 5. The SMILES string of the molecule is O=C(NCC(=O)N1CCN(c2ncccn2)CC1)c1ccc(Cl)c(Cl)c1. The first-order chi connectivity index (χ1) is 12.5. The van der Waals surface area contributed by atoms with E-state index in [1.165, 1.54) is 6.07 Å². The Kier molecular flexibility index (Phi) is 5.90. The smallest absolute Gasteiger partial charge is 0.251 e. The van der Waals surface area contributed by atoms with E-state index in [4.69, 9.17) is 23.2 Å². The Morgan fingerprint density at radius 2 is 1.73 bits per heavy atom. The Morgan fingerprint density at radius 1 is 1.04 bits per heavy atom. The van der Waals surface area contributed by atoms with Gasteiger partial charge in [-0.05, 0) is 24.3 Å². The molecule has 0 radical (unpaired) electrons. The second-order valence-electron chi connectivity index (χ2n) is 5.73. The van der Waals surface area contributed by atoms with Crippen LogP contribution in [0.2, 0.25) is 10.0 Å². The topological polar surface area (TPSA) is 78.4 Å². The van der Waals surface area contributed by atoms with Crippen LogP contribution < -0.4 is 10.2 Å². The van der Waals surface area contributed by atoms with Crippen LogP contribution in [0.5, 0.6) is 0 Å². The fourth-order valence-electron chi connectivity index (χ4n) is 2.62. The lowest BCUT2D eigenvalue weighted by atomic mass is 10.2. The zero-order valence-corrected chi connectivity index (χ0v) is 15.4. The van der Waals surface area contributed by atoms with Crippen LogP contribution in [0.4, 0.5) is 5.95 Å². The zero-order chi connectivity index (χ0) is 18.5. The highest BCUT2D eigenvalue weighted by Crippen LogP contribution is 2.22. The molecule has 2 aromatic rings. The molecule has 136 valence electrons. The third kappa shape index (κ3) is 4.42. The largest absolute Gasteiger partial charge is 0.343 e. The van der Waals surface area contributed by atoms with Crippen molar-refractivity contribution in [1.29, 1.82) is 0 Å². The molecule has 0 aliphatic carbocycles. The van der Waals surface area contributed by atoms with Crippen molar-refractivity contribution < 1.29 is 9.59 Å². The number of piperazine rings is 1. The van der Waals surface area contributed by atoms with Crippen LogP contribution in [0.15, 0.2) is 36.7 Å². The number of nitrogens with zero attached hydrogens (tertiary/aromatic N) is 4. The highest BCUT2D eigenvalue weighted by molar-refractivity contribution is 6.42. The van der Waals surface area contributed by atoms with E-state index in [2.05, 4.69) is 15.3 Å². The normalized spacial score (nSPS) is 14.2. The molecular weight excluding hydrogens is 377 g/mol. The van der Waals surface area contributed by atoms with E-state index in [0.29, 0.717) is 47.7 Å². The average molecular weight is 394 g/mol. The summed E-state index contributed by atoms with van der Waals surface area (Å²) in [4.78, 5) is 36.6. The van der Waals surface area contributed by atoms with Crippen molar-refractivity contribution in [3.8, 4) is 0 Å². The zero-order valence-electron chi connectivity index (χ0n) is 13.9. The van der Waals surface area contributed by atoms with Crippen LogP contribution in [0.3, 0.4) is 0 Å². The molecule has 0 bridgehead atoms. The van der Waals surface area contributed by atoms with Gasteiger partial charge in [-0.3, -0.25) is 9.59 Å². The van der Waals surface area contributed by atoms with E-state index in [9.17, 15) is 9.59 Å². The maximum atomic E-state index is 12.3. The van der Waals surface area contributed by atoms with Gasteiger partial charge >= 0.3 is 0 Å². The number of benzene rings is 1. The molecule has 2 amide bonds. The standard InChI is InChI=1S/C17H17Cl2N5O2/c18-13-3-2-12(10-14(13)19)16(26)22-11-15(25)23-6-8-24(9-7-23)17-20-4-1-5-21-17/h1-5,10H,6-9,11H2,(H,22,26). The van der Waals surface area contributed by atoms with Gasteiger partial charge in [0.25, 0.3) is 5.91 Å². The monoisotopic (exact) mass is 393 g/mol. The molecule has 26 heavy (non-hydrogen) atoms. The summed E-state index contributed by atoms with van der Waals surface area (Å²) in [5, 5.41) is 3.29. The van der Waals surface area contributed by atoms with Gasteiger partial charge in [0.2, 0.25) is 11.9 Å². The minimum Gasteiger partial charge on any atom is -0.343 e. The summed E-state index contributed by atoms with van der Waals surface area (Å²) >= 11 is 11.7. The molecule has 1 fully saturated rings. The molecule has 1 saturated heterocycles. The van der Waals surface area contributed by atoms with E-state index in [1.54, 1.807) is 35.5 Å². The number of hydrogen-bond donors (Lipinski definition) is 1. The molecule has 9 heteroatoms. The summed E-state index contributed by atoms with van der Waals surface area (Å²) < 4.78 is 0. The summed E-state index contributed by atoms with van der Waals surface area (Å²) in [5.74, 6) is 0.160. The Hall–Kier alpha value is -2.38. The summed E-state index contributed by atoms with van der Waals surface area (Å²) in [6, 6.07) is 6.35. The van der Waals surface area contributed by atoms with E-state index in [1.807, 2.05) is 4.90 Å². The Bertz CT molecular complexity index is 795. The summed E-state index contributed by atoms with van der Waals surface area (Å²) in [7, 11) is 0. The maximum Gasteiger partial charge on any atom is 0.251 e. The van der Waals surface area contributed by atoms with Gasteiger partial charge in [0, 0.05) is 44.1 Å². The number of halogens is 2. The molecule has 0 spiro atoms. The minimum absolute atomic E-state index is 0.0685. The maximum absolute atomic E-state index is 12.3. The van der Waals surface area contributed by atoms with Gasteiger partial charge in [-0.1, -0.05) is 23.2 Å². The first-order valence-electron chi connectivity index (χ1n) is 8.07. The van der Waals surface area contributed by atoms with Gasteiger partial charge in [0.05, 0.1) is 16.6 Å². The van der Waals surface area contributed by atoms with Gasteiger partial charge < -0.3 is 15.1 Å². The van der Waals surface area contributed by atoms with Crippen molar-refractivity contribution in [2.24, 2.45) is 0 Å². The number of nitrogens with one attached hydrogen (secondary N) is 1. The fourth-order valence-corrected chi connectivity index (χ4v) is 2.92. The van der Waals surface area contributed by atoms with Gasteiger partial charge in [-0.25, -0.2) is 9.97 Å².